The lowest BCUT2D eigenvalue weighted by molar-refractivity contribution is 0.443. The maximum atomic E-state index is 5.59. The van der Waals surface area contributed by atoms with Crippen LogP contribution < -0.4 is 11.3 Å². The largest absolute Gasteiger partial charge is 0.271 e. The van der Waals surface area contributed by atoms with Crippen molar-refractivity contribution in [2.45, 2.75) is 65.0 Å². The Morgan fingerprint density at radius 3 is 2.82 bits per heavy atom. The number of hydrazine groups is 1. The Kier molecular flexibility index (Phi) is 6.81. The van der Waals surface area contributed by atoms with Crippen molar-refractivity contribution in [1.82, 2.24) is 20.2 Å². The van der Waals surface area contributed by atoms with Crippen LogP contribution in [0, 0.1) is 0 Å². The monoisotopic (exact) mass is 239 g/mol. The van der Waals surface area contributed by atoms with Gasteiger partial charge in [-0.15, -0.1) is 0 Å². The van der Waals surface area contributed by atoms with Gasteiger partial charge in [0.2, 0.25) is 0 Å². The van der Waals surface area contributed by atoms with E-state index in [0.717, 1.165) is 31.6 Å². The highest BCUT2D eigenvalue weighted by molar-refractivity contribution is 4.89. The normalized spacial score (nSPS) is 12.9. The highest BCUT2D eigenvalue weighted by atomic mass is 15.3. The molecule has 1 aromatic rings. The van der Waals surface area contributed by atoms with Crippen LogP contribution in [-0.2, 0) is 13.0 Å². The van der Waals surface area contributed by atoms with Crippen LogP contribution in [0.2, 0.25) is 0 Å². The topological polar surface area (TPSA) is 68.8 Å². The second-order valence-corrected chi connectivity index (χ2v) is 4.46. The van der Waals surface area contributed by atoms with Crippen LogP contribution >= 0.6 is 0 Å². The summed E-state index contributed by atoms with van der Waals surface area (Å²) in [6.45, 7) is 5.29. The summed E-state index contributed by atoms with van der Waals surface area (Å²) >= 11 is 0. The summed E-state index contributed by atoms with van der Waals surface area (Å²) in [6.07, 6.45) is 8.39. The molecule has 1 heterocycles. The molecule has 0 aliphatic heterocycles. The molecule has 0 aliphatic carbocycles. The first-order valence-electron chi connectivity index (χ1n) is 6.64. The zero-order valence-electron chi connectivity index (χ0n) is 11.0. The fraction of sp³-hybridized carbons (Fsp3) is 0.833. The van der Waals surface area contributed by atoms with E-state index in [0.29, 0.717) is 6.04 Å². The Bertz CT molecular complexity index is 297. The van der Waals surface area contributed by atoms with E-state index >= 15 is 0 Å². The molecule has 1 aromatic heterocycles. The molecule has 0 aromatic carbocycles. The smallest absolute Gasteiger partial charge is 0.138 e. The molecule has 98 valence electrons. The first-order chi connectivity index (χ1) is 8.31. The van der Waals surface area contributed by atoms with Crippen LogP contribution in [0.5, 0.6) is 0 Å². The van der Waals surface area contributed by atoms with Gasteiger partial charge >= 0.3 is 0 Å². The summed E-state index contributed by atoms with van der Waals surface area (Å²) < 4.78 is 1.98. The van der Waals surface area contributed by atoms with Gasteiger partial charge in [-0.2, -0.15) is 5.10 Å². The fourth-order valence-electron chi connectivity index (χ4n) is 1.95. The van der Waals surface area contributed by atoms with Crippen molar-refractivity contribution in [3.05, 3.63) is 12.2 Å². The molecule has 17 heavy (non-hydrogen) atoms. The van der Waals surface area contributed by atoms with E-state index in [9.17, 15) is 0 Å². The zero-order chi connectivity index (χ0) is 12.5. The van der Waals surface area contributed by atoms with Crippen molar-refractivity contribution < 1.29 is 0 Å². The van der Waals surface area contributed by atoms with Crippen molar-refractivity contribution in [3.63, 3.8) is 0 Å². The van der Waals surface area contributed by atoms with Gasteiger partial charge in [-0.05, 0) is 12.8 Å². The number of hydrogen-bond acceptors (Lipinski definition) is 4. The van der Waals surface area contributed by atoms with E-state index in [1.165, 1.54) is 19.3 Å². The number of nitrogens with two attached hydrogens (primary N) is 1. The van der Waals surface area contributed by atoms with Gasteiger partial charge in [0.1, 0.15) is 12.2 Å². The predicted octanol–water partition coefficient (Wildman–Crippen LogP) is 1.64. The van der Waals surface area contributed by atoms with Crippen molar-refractivity contribution in [2.75, 3.05) is 0 Å². The third-order valence-corrected chi connectivity index (χ3v) is 2.95. The second-order valence-electron chi connectivity index (χ2n) is 4.46. The van der Waals surface area contributed by atoms with Crippen LogP contribution in [0.4, 0.5) is 0 Å². The molecule has 3 N–H and O–H groups in total. The third-order valence-electron chi connectivity index (χ3n) is 2.95. The number of unbranched alkanes of at least 4 members (excludes halogenated alkanes) is 2. The SMILES string of the molecule is CCCCCC(Cc1ncnn1CCC)NN. The molecule has 0 radical (unpaired) electrons. The lowest BCUT2D eigenvalue weighted by atomic mass is 10.1. The third kappa shape index (κ3) is 4.83. The molecular formula is C12H25N5. The first-order valence-corrected chi connectivity index (χ1v) is 6.64. The average molecular weight is 239 g/mol. The quantitative estimate of drug-likeness (QED) is 0.390. The molecular weight excluding hydrogens is 214 g/mol. The summed E-state index contributed by atoms with van der Waals surface area (Å²) in [7, 11) is 0. The van der Waals surface area contributed by atoms with Gasteiger partial charge in [-0.1, -0.05) is 33.1 Å². The van der Waals surface area contributed by atoms with Gasteiger partial charge < -0.3 is 0 Å². The van der Waals surface area contributed by atoms with Crippen molar-refractivity contribution >= 4 is 0 Å². The van der Waals surface area contributed by atoms with Crippen molar-refractivity contribution in [2.24, 2.45) is 5.84 Å². The maximum Gasteiger partial charge on any atom is 0.138 e. The van der Waals surface area contributed by atoms with Crippen LogP contribution in [0.25, 0.3) is 0 Å². The summed E-state index contributed by atoms with van der Waals surface area (Å²) in [4.78, 5) is 4.31. The van der Waals surface area contributed by atoms with E-state index in [4.69, 9.17) is 5.84 Å². The molecule has 0 amide bonds. The molecule has 0 bridgehead atoms. The first kappa shape index (κ1) is 14.1. The van der Waals surface area contributed by atoms with E-state index < -0.39 is 0 Å². The van der Waals surface area contributed by atoms with Gasteiger partial charge in [0, 0.05) is 19.0 Å². The van der Waals surface area contributed by atoms with Crippen LogP contribution in [0.3, 0.4) is 0 Å². The number of aryl methyl sites for hydroxylation is 1. The molecule has 0 saturated heterocycles. The van der Waals surface area contributed by atoms with Gasteiger partial charge in [-0.25, -0.2) is 4.98 Å². The van der Waals surface area contributed by atoms with Crippen molar-refractivity contribution in [1.29, 1.82) is 0 Å². The van der Waals surface area contributed by atoms with E-state index in [2.05, 4.69) is 29.4 Å². The van der Waals surface area contributed by atoms with E-state index in [-0.39, 0.29) is 0 Å². The van der Waals surface area contributed by atoms with Gasteiger partial charge in [0.05, 0.1) is 0 Å². The Balaban J connectivity index is 2.45. The summed E-state index contributed by atoms with van der Waals surface area (Å²) in [5, 5.41) is 4.23. The van der Waals surface area contributed by atoms with Gasteiger partial charge in [-0.3, -0.25) is 16.0 Å². The summed E-state index contributed by atoms with van der Waals surface area (Å²) in [5.74, 6) is 6.62. The minimum Gasteiger partial charge on any atom is -0.271 e. The molecule has 0 aliphatic rings. The highest BCUT2D eigenvalue weighted by Crippen LogP contribution is 2.08. The van der Waals surface area contributed by atoms with Crippen molar-refractivity contribution in [3.8, 4) is 0 Å². The van der Waals surface area contributed by atoms with E-state index in [1.54, 1.807) is 6.33 Å². The Morgan fingerprint density at radius 2 is 2.18 bits per heavy atom. The molecule has 1 atom stereocenters. The molecule has 0 spiro atoms. The van der Waals surface area contributed by atoms with Crippen LogP contribution in [0.1, 0.15) is 51.8 Å². The molecule has 5 nitrogen and oxygen atoms in total. The predicted molar refractivity (Wildman–Crippen MR) is 69.3 cm³/mol. The van der Waals surface area contributed by atoms with E-state index in [1.807, 2.05) is 4.68 Å². The molecule has 0 fully saturated rings. The fourth-order valence-corrected chi connectivity index (χ4v) is 1.95. The number of hydrogen-bond donors (Lipinski definition) is 2. The number of nitrogens with zero attached hydrogens (tertiary/aromatic N) is 3. The lowest BCUT2D eigenvalue weighted by Gasteiger charge is -2.15. The minimum absolute atomic E-state index is 0.307. The molecule has 1 unspecified atom stereocenters. The summed E-state index contributed by atoms with van der Waals surface area (Å²) in [6, 6.07) is 0.307. The van der Waals surface area contributed by atoms with Gasteiger partial charge in [0.25, 0.3) is 0 Å². The minimum atomic E-state index is 0.307. The Hall–Kier alpha value is -0.940. The second kappa shape index (κ2) is 8.20. The Labute approximate surface area is 104 Å². The number of aromatic nitrogens is 3. The maximum absolute atomic E-state index is 5.59. The Morgan fingerprint density at radius 1 is 1.35 bits per heavy atom. The standard InChI is InChI=1S/C12H25N5/c1-3-5-6-7-11(16-13)9-12-14-10-15-17(12)8-4-2/h10-11,16H,3-9,13H2,1-2H3. The molecule has 1 rings (SSSR count). The number of nitrogens with one attached hydrogen (secondary N) is 1. The molecule has 5 heteroatoms. The van der Waals surface area contributed by atoms with Gasteiger partial charge in [0.15, 0.2) is 0 Å². The zero-order valence-corrected chi connectivity index (χ0v) is 11.0. The van der Waals surface area contributed by atoms with Crippen LogP contribution in [0.15, 0.2) is 6.33 Å². The van der Waals surface area contributed by atoms with Crippen LogP contribution in [-0.4, -0.2) is 20.8 Å². The molecule has 0 saturated carbocycles. The highest BCUT2D eigenvalue weighted by Gasteiger charge is 2.11. The number of rotatable bonds is 9. The average Bonchev–Trinajstić information content (AvgIpc) is 2.76. The summed E-state index contributed by atoms with van der Waals surface area (Å²) in [5.41, 5.74) is 2.89. The lowest BCUT2D eigenvalue weighted by Crippen LogP contribution is -2.37.